The predicted octanol–water partition coefficient (Wildman–Crippen LogP) is 3.68. The normalized spacial score (nSPS) is 15.0. The number of hydrogen-bond donors (Lipinski definition) is 0. The van der Waals surface area contributed by atoms with Gasteiger partial charge in [-0.05, 0) is 36.4 Å². The molecule has 1 aliphatic rings. The number of non-ortho nitro benzene ring substituents is 1. The molecule has 1 saturated heterocycles. The molecule has 0 amide bonds. The van der Waals surface area contributed by atoms with Gasteiger partial charge in [0.05, 0.1) is 4.92 Å². The maximum Gasteiger partial charge on any atom is 0.269 e. The van der Waals surface area contributed by atoms with Gasteiger partial charge in [0.1, 0.15) is 0 Å². The summed E-state index contributed by atoms with van der Waals surface area (Å²) in [7, 11) is 0. The summed E-state index contributed by atoms with van der Waals surface area (Å²) in [5.41, 5.74) is 2.41. The van der Waals surface area contributed by atoms with Gasteiger partial charge in [-0.2, -0.15) is 0 Å². The zero-order chi connectivity index (χ0) is 15.5. The molecule has 1 fully saturated rings. The predicted molar refractivity (Wildman–Crippen MR) is 91.7 cm³/mol. The van der Waals surface area contributed by atoms with Crippen LogP contribution in [0.5, 0.6) is 0 Å². The van der Waals surface area contributed by atoms with E-state index >= 15 is 0 Å². The lowest BCUT2D eigenvalue weighted by Crippen LogP contribution is -2.46. The third-order valence-corrected chi connectivity index (χ3v) is 4.43. The number of halogens is 1. The molecule has 0 unspecified atom stereocenters. The van der Waals surface area contributed by atoms with E-state index in [0.29, 0.717) is 0 Å². The van der Waals surface area contributed by atoms with Gasteiger partial charge in [-0.3, -0.25) is 10.1 Å². The van der Waals surface area contributed by atoms with Crippen molar-refractivity contribution in [1.82, 2.24) is 0 Å². The number of benzene rings is 2. The molecule has 3 rings (SSSR count). The first-order chi connectivity index (χ1) is 10.6. The minimum atomic E-state index is -0.366. The van der Waals surface area contributed by atoms with Crippen molar-refractivity contribution in [2.45, 2.75) is 0 Å². The largest absolute Gasteiger partial charge is 0.368 e. The Morgan fingerprint density at radius 2 is 1.23 bits per heavy atom. The van der Waals surface area contributed by atoms with Crippen LogP contribution in [0.2, 0.25) is 0 Å². The summed E-state index contributed by atoms with van der Waals surface area (Å²) in [6.45, 7) is 3.71. The van der Waals surface area contributed by atoms with Crippen LogP contribution in [0, 0.1) is 10.1 Å². The van der Waals surface area contributed by atoms with Gasteiger partial charge in [0.15, 0.2) is 0 Å². The summed E-state index contributed by atoms with van der Waals surface area (Å²) in [6, 6.07) is 15.1. The Hall–Kier alpha value is -2.08. The molecule has 0 bridgehead atoms. The van der Waals surface area contributed by atoms with E-state index in [-0.39, 0.29) is 10.6 Å². The summed E-state index contributed by atoms with van der Waals surface area (Å²) < 4.78 is 1.08. The Morgan fingerprint density at radius 3 is 1.64 bits per heavy atom. The first kappa shape index (κ1) is 14.8. The fourth-order valence-electron chi connectivity index (χ4n) is 2.66. The first-order valence-electron chi connectivity index (χ1n) is 7.13. The van der Waals surface area contributed by atoms with Crippen molar-refractivity contribution < 1.29 is 4.92 Å². The molecule has 0 saturated carbocycles. The molecule has 0 aliphatic carbocycles. The SMILES string of the molecule is O=[N+]([O-])c1ccc(N2CCN(c3ccc(Br)cc3)CC2)cc1. The molecule has 0 N–H and O–H groups in total. The van der Waals surface area contributed by atoms with E-state index < -0.39 is 0 Å². The molecular weight excluding hydrogens is 346 g/mol. The molecule has 1 aliphatic heterocycles. The van der Waals surface area contributed by atoms with Gasteiger partial charge in [-0.1, -0.05) is 15.9 Å². The Kier molecular flexibility index (Phi) is 4.29. The average molecular weight is 362 g/mol. The third kappa shape index (κ3) is 3.22. The number of nitro groups is 1. The second-order valence-corrected chi connectivity index (χ2v) is 6.14. The van der Waals surface area contributed by atoms with Crippen molar-refractivity contribution in [1.29, 1.82) is 0 Å². The monoisotopic (exact) mass is 361 g/mol. The summed E-state index contributed by atoms with van der Waals surface area (Å²) in [5.74, 6) is 0. The summed E-state index contributed by atoms with van der Waals surface area (Å²) >= 11 is 3.45. The highest BCUT2D eigenvalue weighted by molar-refractivity contribution is 9.10. The van der Waals surface area contributed by atoms with Crippen molar-refractivity contribution in [3.05, 3.63) is 63.1 Å². The van der Waals surface area contributed by atoms with E-state index in [1.54, 1.807) is 12.1 Å². The highest BCUT2D eigenvalue weighted by atomic mass is 79.9. The quantitative estimate of drug-likeness (QED) is 0.617. The first-order valence-corrected chi connectivity index (χ1v) is 7.93. The second-order valence-electron chi connectivity index (χ2n) is 5.22. The van der Waals surface area contributed by atoms with Gasteiger partial charge in [0, 0.05) is 54.2 Å². The molecule has 2 aromatic carbocycles. The van der Waals surface area contributed by atoms with E-state index in [4.69, 9.17) is 0 Å². The number of hydrogen-bond acceptors (Lipinski definition) is 4. The van der Waals surface area contributed by atoms with Gasteiger partial charge in [-0.15, -0.1) is 0 Å². The standard InChI is InChI=1S/C16H16BrN3O2/c17-13-1-3-14(4-2-13)18-9-11-19(12-10-18)15-5-7-16(8-6-15)20(21)22/h1-8H,9-12H2. The van der Waals surface area contributed by atoms with Gasteiger partial charge < -0.3 is 9.80 Å². The minimum Gasteiger partial charge on any atom is -0.368 e. The topological polar surface area (TPSA) is 49.6 Å². The Morgan fingerprint density at radius 1 is 0.818 bits per heavy atom. The van der Waals surface area contributed by atoms with Crippen LogP contribution in [0.4, 0.5) is 17.1 Å². The number of anilines is 2. The van der Waals surface area contributed by atoms with Crippen LogP contribution in [0.15, 0.2) is 53.0 Å². The van der Waals surface area contributed by atoms with E-state index in [9.17, 15) is 10.1 Å². The maximum atomic E-state index is 10.7. The molecule has 0 atom stereocenters. The molecule has 6 heteroatoms. The van der Waals surface area contributed by atoms with Crippen LogP contribution >= 0.6 is 15.9 Å². The van der Waals surface area contributed by atoms with Crippen molar-refractivity contribution in [2.75, 3.05) is 36.0 Å². The lowest BCUT2D eigenvalue weighted by molar-refractivity contribution is -0.384. The molecular formula is C16H16BrN3O2. The van der Waals surface area contributed by atoms with E-state index in [2.05, 4.69) is 50.0 Å². The Balaban J connectivity index is 1.63. The molecule has 1 heterocycles. The zero-order valence-corrected chi connectivity index (χ0v) is 13.6. The van der Waals surface area contributed by atoms with Crippen molar-refractivity contribution in [2.24, 2.45) is 0 Å². The van der Waals surface area contributed by atoms with Crippen LogP contribution in [0.3, 0.4) is 0 Å². The molecule has 0 aromatic heterocycles. The smallest absolute Gasteiger partial charge is 0.269 e. The minimum absolute atomic E-state index is 0.136. The Labute approximate surface area is 137 Å². The number of nitro benzene ring substituents is 1. The van der Waals surface area contributed by atoms with Crippen LogP contribution in [-0.4, -0.2) is 31.1 Å². The van der Waals surface area contributed by atoms with Crippen LogP contribution in [0.1, 0.15) is 0 Å². The van der Waals surface area contributed by atoms with Crippen LogP contribution in [0.25, 0.3) is 0 Å². The van der Waals surface area contributed by atoms with Crippen molar-refractivity contribution in [3.8, 4) is 0 Å². The van der Waals surface area contributed by atoms with Gasteiger partial charge in [-0.25, -0.2) is 0 Å². The van der Waals surface area contributed by atoms with Gasteiger partial charge in [0.2, 0.25) is 0 Å². The molecule has 114 valence electrons. The summed E-state index contributed by atoms with van der Waals surface area (Å²) in [6.07, 6.45) is 0. The lowest BCUT2D eigenvalue weighted by Gasteiger charge is -2.37. The highest BCUT2D eigenvalue weighted by Crippen LogP contribution is 2.23. The average Bonchev–Trinajstić information content (AvgIpc) is 2.56. The molecule has 22 heavy (non-hydrogen) atoms. The summed E-state index contributed by atoms with van der Waals surface area (Å²) in [4.78, 5) is 14.9. The number of nitrogens with zero attached hydrogens (tertiary/aromatic N) is 3. The molecule has 2 aromatic rings. The fourth-order valence-corrected chi connectivity index (χ4v) is 2.92. The van der Waals surface area contributed by atoms with E-state index in [1.165, 1.54) is 5.69 Å². The van der Waals surface area contributed by atoms with E-state index in [0.717, 1.165) is 36.3 Å². The maximum absolute atomic E-state index is 10.7. The highest BCUT2D eigenvalue weighted by Gasteiger charge is 2.18. The van der Waals surface area contributed by atoms with Gasteiger partial charge >= 0.3 is 0 Å². The fraction of sp³-hybridized carbons (Fsp3) is 0.250. The Bertz CT molecular complexity index is 650. The molecule has 5 nitrogen and oxygen atoms in total. The van der Waals surface area contributed by atoms with E-state index in [1.807, 2.05) is 12.1 Å². The lowest BCUT2D eigenvalue weighted by atomic mass is 10.2. The van der Waals surface area contributed by atoms with Crippen LogP contribution < -0.4 is 9.80 Å². The zero-order valence-electron chi connectivity index (χ0n) is 12.0. The second kappa shape index (κ2) is 6.36. The molecule has 0 radical (unpaired) electrons. The van der Waals surface area contributed by atoms with Crippen molar-refractivity contribution >= 4 is 33.0 Å². The number of piperazine rings is 1. The van der Waals surface area contributed by atoms with Gasteiger partial charge in [0.25, 0.3) is 5.69 Å². The molecule has 0 spiro atoms. The number of rotatable bonds is 3. The van der Waals surface area contributed by atoms with Crippen molar-refractivity contribution in [3.63, 3.8) is 0 Å². The summed E-state index contributed by atoms with van der Waals surface area (Å²) in [5, 5.41) is 10.7. The third-order valence-electron chi connectivity index (χ3n) is 3.90. The van der Waals surface area contributed by atoms with Crippen LogP contribution in [-0.2, 0) is 0 Å².